The predicted molar refractivity (Wildman–Crippen MR) is 45.8 cm³/mol. The molecule has 0 aliphatic heterocycles. The van der Waals surface area contributed by atoms with Crippen molar-refractivity contribution in [3.8, 4) is 0 Å². The van der Waals surface area contributed by atoms with Gasteiger partial charge in [-0.3, -0.25) is 0 Å². The van der Waals surface area contributed by atoms with Gasteiger partial charge in [0.15, 0.2) is 6.29 Å². The highest BCUT2D eigenvalue weighted by Crippen LogP contribution is 2.12. The molecule has 0 aliphatic carbocycles. The normalized spacial score (nSPS) is 10.8. The summed E-state index contributed by atoms with van der Waals surface area (Å²) in [5.41, 5.74) is 0. The molecule has 0 amide bonds. The van der Waals surface area contributed by atoms with Gasteiger partial charge >= 0.3 is 0 Å². The number of hydrogen-bond acceptors (Lipinski definition) is 3. The maximum atomic E-state index is 5.06. The second-order valence-corrected chi connectivity index (χ2v) is 3.22. The Kier molecular flexibility index (Phi) is 3.56. The van der Waals surface area contributed by atoms with Crippen LogP contribution in [-0.2, 0) is 15.9 Å². The van der Waals surface area contributed by atoms with E-state index in [9.17, 15) is 0 Å². The average molecular weight is 172 g/mol. The molecule has 1 rings (SSSR count). The zero-order valence-electron chi connectivity index (χ0n) is 6.74. The second kappa shape index (κ2) is 4.49. The molecular formula is C8H12O2S. The van der Waals surface area contributed by atoms with E-state index in [4.69, 9.17) is 9.47 Å². The molecule has 62 valence electrons. The van der Waals surface area contributed by atoms with Gasteiger partial charge in [0.1, 0.15) is 0 Å². The van der Waals surface area contributed by atoms with E-state index in [2.05, 4.69) is 11.4 Å². The van der Waals surface area contributed by atoms with Crippen molar-refractivity contribution < 1.29 is 9.47 Å². The topological polar surface area (TPSA) is 18.5 Å². The van der Waals surface area contributed by atoms with Crippen molar-refractivity contribution in [3.63, 3.8) is 0 Å². The fourth-order valence-electron chi connectivity index (χ4n) is 0.856. The summed E-state index contributed by atoms with van der Waals surface area (Å²) in [6.07, 6.45) is 0.735. The summed E-state index contributed by atoms with van der Waals surface area (Å²) in [4.78, 5) is 1.29. The van der Waals surface area contributed by atoms with Crippen LogP contribution < -0.4 is 0 Å². The minimum absolute atomic E-state index is 0.103. The van der Waals surface area contributed by atoms with Crippen LogP contribution in [0.3, 0.4) is 0 Å². The van der Waals surface area contributed by atoms with E-state index in [0.717, 1.165) is 6.42 Å². The van der Waals surface area contributed by atoms with E-state index in [0.29, 0.717) is 0 Å². The summed E-state index contributed by atoms with van der Waals surface area (Å²) in [5.74, 6) is 0. The maximum Gasteiger partial charge on any atom is 0.161 e. The monoisotopic (exact) mass is 172 g/mol. The van der Waals surface area contributed by atoms with E-state index in [1.54, 1.807) is 25.6 Å². The Morgan fingerprint density at radius 3 is 2.64 bits per heavy atom. The minimum Gasteiger partial charge on any atom is -0.356 e. The number of hydrogen-bond donors (Lipinski definition) is 0. The highest BCUT2D eigenvalue weighted by molar-refractivity contribution is 7.09. The molecule has 3 heteroatoms. The van der Waals surface area contributed by atoms with Crippen molar-refractivity contribution in [1.29, 1.82) is 0 Å². The maximum absolute atomic E-state index is 5.06. The average Bonchev–Trinajstić information content (AvgIpc) is 2.52. The molecule has 0 spiro atoms. The van der Waals surface area contributed by atoms with Crippen LogP contribution in [0.1, 0.15) is 4.88 Å². The molecule has 0 unspecified atom stereocenters. The zero-order chi connectivity index (χ0) is 8.10. The standard InChI is InChI=1S/C8H12O2S/c1-9-8(10-2)6-7-4-3-5-11-7/h3-5,8H,6H2,1-2H3. The summed E-state index contributed by atoms with van der Waals surface area (Å²) in [7, 11) is 3.31. The van der Waals surface area contributed by atoms with Crippen LogP contribution in [-0.4, -0.2) is 20.5 Å². The van der Waals surface area contributed by atoms with E-state index in [1.165, 1.54) is 4.88 Å². The van der Waals surface area contributed by atoms with Gasteiger partial charge in [0.25, 0.3) is 0 Å². The first-order valence-electron chi connectivity index (χ1n) is 3.44. The van der Waals surface area contributed by atoms with Crippen LogP contribution in [0.2, 0.25) is 0 Å². The van der Waals surface area contributed by atoms with Crippen molar-refractivity contribution >= 4 is 11.3 Å². The minimum atomic E-state index is -0.103. The van der Waals surface area contributed by atoms with Crippen molar-refractivity contribution in [2.45, 2.75) is 12.7 Å². The first kappa shape index (κ1) is 8.71. The number of ether oxygens (including phenoxy) is 2. The van der Waals surface area contributed by atoms with Gasteiger partial charge in [-0.25, -0.2) is 0 Å². The fraction of sp³-hybridized carbons (Fsp3) is 0.500. The largest absolute Gasteiger partial charge is 0.356 e. The lowest BCUT2D eigenvalue weighted by molar-refractivity contribution is -0.0998. The lowest BCUT2D eigenvalue weighted by Crippen LogP contribution is -2.15. The number of rotatable bonds is 4. The third-order valence-corrected chi connectivity index (χ3v) is 2.37. The molecule has 0 bridgehead atoms. The van der Waals surface area contributed by atoms with Crippen LogP contribution >= 0.6 is 11.3 Å². The third kappa shape index (κ3) is 2.61. The molecule has 2 nitrogen and oxygen atoms in total. The Morgan fingerprint density at radius 2 is 2.18 bits per heavy atom. The Labute approximate surface area is 70.8 Å². The van der Waals surface area contributed by atoms with Gasteiger partial charge in [0, 0.05) is 25.5 Å². The van der Waals surface area contributed by atoms with Crippen LogP contribution in [0, 0.1) is 0 Å². The number of thiophene rings is 1. The molecule has 0 aliphatic rings. The summed E-state index contributed by atoms with van der Waals surface area (Å²) in [6, 6.07) is 4.11. The fourth-order valence-corrected chi connectivity index (χ4v) is 1.58. The van der Waals surface area contributed by atoms with Crippen molar-refractivity contribution in [2.75, 3.05) is 14.2 Å². The van der Waals surface area contributed by atoms with Gasteiger partial charge < -0.3 is 9.47 Å². The molecule has 0 radical (unpaired) electrons. The van der Waals surface area contributed by atoms with Gasteiger partial charge in [-0.15, -0.1) is 11.3 Å². The van der Waals surface area contributed by atoms with Crippen LogP contribution in [0.15, 0.2) is 17.5 Å². The molecule has 0 aromatic carbocycles. The van der Waals surface area contributed by atoms with Gasteiger partial charge in [0.05, 0.1) is 0 Å². The second-order valence-electron chi connectivity index (χ2n) is 2.18. The molecule has 1 heterocycles. The highest BCUT2D eigenvalue weighted by atomic mass is 32.1. The molecule has 0 N–H and O–H groups in total. The van der Waals surface area contributed by atoms with E-state index >= 15 is 0 Å². The smallest absolute Gasteiger partial charge is 0.161 e. The van der Waals surface area contributed by atoms with Crippen molar-refractivity contribution in [3.05, 3.63) is 22.4 Å². The van der Waals surface area contributed by atoms with E-state index in [1.807, 2.05) is 6.07 Å². The Bertz CT molecular complexity index is 180. The summed E-state index contributed by atoms with van der Waals surface area (Å²) < 4.78 is 10.1. The first-order valence-corrected chi connectivity index (χ1v) is 4.32. The molecule has 1 aromatic heterocycles. The first-order chi connectivity index (χ1) is 5.36. The lowest BCUT2D eigenvalue weighted by atomic mass is 10.3. The predicted octanol–water partition coefficient (Wildman–Crippen LogP) is 1.91. The van der Waals surface area contributed by atoms with Gasteiger partial charge in [-0.05, 0) is 11.4 Å². The molecular weight excluding hydrogens is 160 g/mol. The molecule has 11 heavy (non-hydrogen) atoms. The van der Waals surface area contributed by atoms with Crippen molar-refractivity contribution in [2.24, 2.45) is 0 Å². The Balaban J connectivity index is 2.41. The lowest BCUT2D eigenvalue weighted by Gasteiger charge is -2.11. The highest BCUT2D eigenvalue weighted by Gasteiger charge is 2.05. The van der Waals surface area contributed by atoms with Crippen LogP contribution in [0.5, 0.6) is 0 Å². The van der Waals surface area contributed by atoms with Gasteiger partial charge in [-0.1, -0.05) is 6.07 Å². The Morgan fingerprint density at radius 1 is 1.45 bits per heavy atom. The number of methoxy groups -OCH3 is 2. The molecule has 0 atom stereocenters. The molecule has 0 saturated heterocycles. The third-order valence-electron chi connectivity index (χ3n) is 1.47. The van der Waals surface area contributed by atoms with Gasteiger partial charge in [-0.2, -0.15) is 0 Å². The van der Waals surface area contributed by atoms with Crippen LogP contribution in [0.4, 0.5) is 0 Å². The SMILES string of the molecule is COC(Cc1cccs1)OC. The van der Waals surface area contributed by atoms with E-state index < -0.39 is 0 Å². The molecule has 0 saturated carbocycles. The quantitative estimate of drug-likeness (QED) is 0.646. The molecule has 0 fully saturated rings. The zero-order valence-corrected chi connectivity index (χ0v) is 7.56. The van der Waals surface area contributed by atoms with Crippen molar-refractivity contribution in [1.82, 2.24) is 0 Å². The van der Waals surface area contributed by atoms with Crippen LogP contribution in [0.25, 0.3) is 0 Å². The summed E-state index contributed by atoms with van der Waals surface area (Å²) >= 11 is 1.72. The van der Waals surface area contributed by atoms with E-state index in [-0.39, 0.29) is 6.29 Å². The molecule has 1 aromatic rings. The van der Waals surface area contributed by atoms with Gasteiger partial charge in [0.2, 0.25) is 0 Å². The summed E-state index contributed by atoms with van der Waals surface area (Å²) in [5, 5.41) is 2.05. The summed E-state index contributed by atoms with van der Waals surface area (Å²) in [6.45, 7) is 0. The Hall–Kier alpha value is -0.380.